The summed E-state index contributed by atoms with van der Waals surface area (Å²) < 4.78 is 5.79. The number of aryl methyl sites for hydroxylation is 1. The van der Waals surface area contributed by atoms with Crippen molar-refractivity contribution in [3.63, 3.8) is 0 Å². The summed E-state index contributed by atoms with van der Waals surface area (Å²) in [4.78, 5) is 27.0. The molecule has 0 aliphatic carbocycles. The fraction of sp³-hybridized carbons (Fsp3) is 0.300. The van der Waals surface area contributed by atoms with Crippen LogP contribution in [0.3, 0.4) is 0 Å². The maximum absolute atomic E-state index is 12.4. The molecule has 2 aliphatic heterocycles. The number of carboxylic acid groups (broad SMARTS) is 1. The molecule has 0 radical (unpaired) electrons. The van der Waals surface area contributed by atoms with Crippen LogP contribution in [0.1, 0.15) is 28.8 Å². The van der Waals surface area contributed by atoms with E-state index in [-0.39, 0.29) is 12.3 Å². The SMILES string of the molecule is O=C(O)CCc1cccc(N2COc3cc(C(=O)N4CCC4)ccc32)c1. The summed E-state index contributed by atoms with van der Waals surface area (Å²) in [5.74, 6) is -0.0475. The summed E-state index contributed by atoms with van der Waals surface area (Å²) in [7, 11) is 0. The molecule has 4 rings (SSSR count). The van der Waals surface area contributed by atoms with Gasteiger partial charge in [0.25, 0.3) is 5.91 Å². The highest BCUT2D eigenvalue weighted by molar-refractivity contribution is 5.96. The van der Waals surface area contributed by atoms with E-state index in [0.717, 1.165) is 36.4 Å². The van der Waals surface area contributed by atoms with E-state index in [1.54, 1.807) is 0 Å². The second-order valence-electron chi connectivity index (χ2n) is 6.59. The third-order valence-electron chi connectivity index (χ3n) is 4.84. The van der Waals surface area contributed by atoms with Gasteiger partial charge in [-0.2, -0.15) is 0 Å². The zero-order valence-corrected chi connectivity index (χ0v) is 14.4. The lowest BCUT2D eigenvalue weighted by atomic mass is 10.1. The van der Waals surface area contributed by atoms with Gasteiger partial charge in [-0.25, -0.2) is 0 Å². The molecule has 134 valence electrons. The van der Waals surface area contributed by atoms with Gasteiger partial charge in [0.1, 0.15) is 5.75 Å². The maximum Gasteiger partial charge on any atom is 0.303 e. The predicted octanol–water partition coefficient (Wildman–Crippen LogP) is 3.04. The van der Waals surface area contributed by atoms with E-state index in [2.05, 4.69) is 0 Å². The summed E-state index contributed by atoms with van der Waals surface area (Å²) >= 11 is 0. The number of anilines is 2. The molecular formula is C20H20N2O4. The second-order valence-corrected chi connectivity index (χ2v) is 6.59. The Balaban J connectivity index is 1.55. The first kappa shape index (κ1) is 16.4. The van der Waals surface area contributed by atoms with Crippen LogP contribution < -0.4 is 9.64 Å². The van der Waals surface area contributed by atoms with Gasteiger partial charge in [-0.05, 0) is 48.7 Å². The van der Waals surface area contributed by atoms with Gasteiger partial charge >= 0.3 is 5.97 Å². The summed E-state index contributed by atoms with van der Waals surface area (Å²) in [5.41, 5.74) is 3.50. The van der Waals surface area contributed by atoms with Crippen LogP contribution in [0.15, 0.2) is 42.5 Å². The van der Waals surface area contributed by atoms with Gasteiger partial charge in [-0.15, -0.1) is 0 Å². The molecule has 1 fully saturated rings. The number of carboxylic acids is 1. The molecule has 0 unspecified atom stereocenters. The fourth-order valence-electron chi connectivity index (χ4n) is 3.24. The molecule has 1 N–H and O–H groups in total. The van der Waals surface area contributed by atoms with Crippen LogP contribution in [0.5, 0.6) is 5.75 Å². The van der Waals surface area contributed by atoms with Gasteiger partial charge in [0.2, 0.25) is 0 Å². The van der Waals surface area contributed by atoms with Crippen LogP contribution in [-0.4, -0.2) is 41.7 Å². The van der Waals surface area contributed by atoms with Gasteiger partial charge in [-0.1, -0.05) is 12.1 Å². The van der Waals surface area contributed by atoms with Crippen molar-refractivity contribution in [1.82, 2.24) is 4.90 Å². The molecule has 2 aromatic carbocycles. The van der Waals surface area contributed by atoms with E-state index >= 15 is 0 Å². The van der Waals surface area contributed by atoms with Crippen molar-refractivity contribution < 1.29 is 19.4 Å². The molecule has 2 aromatic rings. The number of carbonyl (C=O) groups is 2. The zero-order chi connectivity index (χ0) is 18.1. The lowest BCUT2D eigenvalue weighted by Crippen LogP contribution is -2.41. The van der Waals surface area contributed by atoms with Crippen molar-refractivity contribution in [3.8, 4) is 5.75 Å². The lowest BCUT2D eigenvalue weighted by Gasteiger charge is -2.31. The van der Waals surface area contributed by atoms with E-state index in [1.807, 2.05) is 52.3 Å². The maximum atomic E-state index is 12.4. The van der Waals surface area contributed by atoms with Gasteiger partial charge < -0.3 is 19.6 Å². The van der Waals surface area contributed by atoms with Crippen molar-refractivity contribution in [1.29, 1.82) is 0 Å². The lowest BCUT2D eigenvalue weighted by molar-refractivity contribution is -0.136. The third kappa shape index (κ3) is 3.10. The molecule has 6 heteroatoms. The summed E-state index contributed by atoms with van der Waals surface area (Å²) in [6, 6.07) is 13.4. The number of amides is 1. The molecule has 0 atom stereocenters. The Morgan fingerprint density at radius 3 is 2.69 bits per heavy atom. The Morgan fingerprint density at radius 2 is 1.96 bits per heavy atom. The first-order valence-corrected chi connectivity index (χ1v) is 8.76. The second kappa shape index (κ2) is 6.71. The quantitative estimate of drug-likeness (QED) is 0.896. The van der Waals surface area contributed by atoms with Gasteiger partial charge in [-0.3, -0.25) is 9.59 Å². The highest BCUT2D eigenvalue weighted by Crippen LogP contribution is 2.40. The fourth-order valence-corrected chi connectivity index (χ4v) is 3.24. The van der Waals surface area contributed by atoms with E-state index < -0.39 is 5.97 Å². The summed E-state index contributed by atoms with van der Waals surface area (Å²) in [6.45, 7) is 2.02. The minimum Gasteiger partial charge on any atom is -0.481 e. The monoisotopic (exact) mass is 352 g/mol. The van der Waals surface area contributed by atoms with E-state index in [4.69, 9.17) is 9.84 Å². The van der Waals surface area contributed by atoms with Crippen molar-refractivity contribution in [2.45, 2.75) is 19.3 Å². The van der Waals surface area contributed by atoms with Crippen LogP contribution in [0.25, 0.3) is 0 Å². The number of benzene rings is 2. The number of carbonyl (C=O) groups excluding carboxylic acids is 1. The van der Waals surface area contributed by atoms with Crippen molar-refractivity contribution in [2.24, 2.45) is 0 Å². The van der Waals surface area contributed by atoms with Crippen LogP contribution in [0.4, 0.5) is 11.4 Å². The highest BCUT2D eigenvalue weighted by Gasteiger charge is 2.26. The van der Waals surface area contributed by atoms with Crippen LogP contribution in [-0.2, 0) is 11.2 Å². The number of nitrogens with zero attached hydrogens (tertiary/aromatic N) is 2. The topological polar surface area (TPSA) is 70.1 Å². The molecule has 1 amide bonds. The van der Waals surface area contributed by atoms with Gasteiger partial charge in [0.15, 0.2) is 6.73 Å². The summed E-state index contributed by atoms with van der Waals surface area (Å²) in [6.07, 6.45) is 1.67. The Kier molecular flexibility index (Phi) is 4.24. The Labute approximate surface area is 151 Å². The number of likely N-dealkylation sites (tertiary alicyclic amines) is 1. The molecule has 26 heavy (non-hydrogen) atoms. The molecule has 0 spiro atoms. The normalized spacial score (nSPS) is 15.2. The Hall–Kier alpha value is -3.02. The average molecular weight is 352 g/mol. The number of ether oxygens (including phenoxy) is 1. The first-order valence-electron chi connectivity index (χ1n) is 8.76. The largest absolute Gasteiger partial charge is 0.481 e. The molecule has 0 bridgehead atoms. The minimum atomic E-state index is -0.801. The number of hydrogen-bond donors (Lipinski definition) is 1. The van der Waals surface area contributed by atoms with Gasteiger partial charge in [0.05, 0.1) is 5.69 Å². The van der Waals surface area contributed by atoms with Crippen molar-refractivity contribution in [3.05, 3.63) is 53.6 Å². The smallest absolute Gasteiger partial charge is 0.303 e. The Bertz CT molecular complexity index is 861. The van der Waals surface area contributed by atoms with E-state index in [1.165, 1.54) is 0 Å². The number of rotatable bonds is 5. The van der Waals surface area contributed by atoms with Gasteiger partial charge in [0, 0.05) is 30.8 Å². The molecule has 0 aromatic heterocycles. The predicted molar refractivity (Wildman–Crippen MR) is 97.0 cm³/mol. The molecular weight excluding hydrogens is 332 g/mol. The Morgan fingerprint density at radius 1 is 1.12 bits per heavy atom. The first-order chi connectivity index (χ1) is 12.6. The highest BCUT2D eigenvalue weighted by atomic mass is 16.5. The number of aliphatic carboxylic acids is 1. The molecule has 6 nitrogen and oxygen atoms in total. The van der Waals surface area contributed by atoms with Crippen molar-refractivity contribution >= 4 is 23.3 Å². The van der Waals surface area contributed by atoms with Crippen LogP contribution in [0.2, 0.25) is 0 Å². The number of fused-ring (bicyclic) bond motifs is 1. The van der Waals surface area contributed by atoms with Crippen LogP contribution in [0, 0.1) is 0 Å². The molecule has 0 saturated carbocycles. The van der Waals surface area contributed by atoms with E-state index in [9.17, 15) is 9.59 Å². The molecule has 1 saturated heterocycles. The third-order valence-corrected chi connectivity index (χ3v) is 4.84. The average Bonchev–Trinajstić information content (AvgIpc) is 3.02. The number of hydrogen-bond acceptors (Lipinski definition) is 4. The molecule has 2 aliphatic rings. The van der Waals surface area contributed by atoms with Crippen molar-refractivity contribution in [2.75, 3.05) is 24.7 Å². The zero-order valence-electron chi connectivity index (χ0n) is 14.4. The standard InChI is InChI=1S/C20H20N2O4/c23-19(24)8-5-14-3-1-4-16(11-14)22-13-26-18-12-15(6-7-17(18)22)20(25)21-9-2-10-21/h1,3-4,6-7,11-12H,2,5,8-10,13H2,(H,23,24). The molecule has 2 heterocycles. The summed E-state index contributed by atoms with van der Waals surface area (Å²) in [5, 5.41) is 8.86. The van der Waals surface area contributed by atoms with E-state index in [0.29, 0.717) is 24.5 Å². The minimum absolute atomic E-state index is 0.0526. The van der Waals surface area contributed by atoms with Crippen LogP contribution >= 0.6 is 0 Å².